The average Bonchev–Trinajstić information content (AvgIpc) is 3.04. The normalized spacial score (nSPS) is 13.3. The zero-order valence-corrected chi connectivity index (χ0v) is 12.5. The van der Waals surface area contributed by atoms with Crippen LogP contribution in [-0.2, 0) is 13.1 Å². The fraction of sp³-hybridized carbons (Fsp3) is 0.467. The van der Waals surface area contributed by atoms with Crippen LogP contribution in [-0.4, -0.2) is 26.7 Å². The number of hydrogen-bond acceptors (Lipinski definition) is 4. The van der Waals surface area contributed by atoms with E-state index < -0.39 is 5.97 Å². The van der Waals surface area contributed by atoms with E-state index in [1.165, 1.54) is 6.26 Å². The SMILES string of the molecule is CC(C)(C)C(Cn1ccnc1)NCc1cc(C(=O)O)co1. The van der Waals surface area contributed by atoms with Crippen LogP contribution in [0.1, 0.15) is 36.9 Å². The van der Waals surface area contributed by atoms with Gasteiger partial charge in [-0.1, -0.05) is 20.8 Å². The lowest BCUT2D eigenvalue weighted by atomic mass is 9.86. The van der Waals surface area contributed by atoms with Gasteiger partial charge in [0, 0.05) is 25.0 Å². The fourth-order valence-corrected chi connectivity index (χ4v) is 2.06. The summed E-state index contributed by atoms with van der Waals surface area (Å²) >= 11 is 0. The molecule has 0 fully saturated rings. The fourth-order valence-electron chi connectivity index (χ4n) is 2.06. The third-order valence-corrected chi connectivity index (χ3v) is 3.42. The smallest absolute Gasteiger partial charge is 0.338 e. The number of aromatic nitrogens is 2. The Morgan fingerprint density at radius 1 is 1.52 bits per heavy atom. The van der Waals surface area contributed by atoms with E-state index in [0.717, 1.165) is 6.54 Å². The van der Waals surface area contributed by atoms with Gasteiger partial charge in [-0.05, 0) is 11.5 Å². The van der Waals surface area contributed by atoms with Gasteiger partial charge in [-0.3, -0.25) is 0 Å². The van der Waals surface area contributed by atoms with E-state index in [-0.39, 0.29) is 17.0 Å². The Kier molecular flexibility index (Phi) is 4.47. The molecule has 0 saturated carbocycles. The highest BCUT2D eigenvalue weighted by Crippen LogP contribution is 2.21. The maximum atomic E-state index is 10.8. The molecule has 21 heavy (non-hydrogen) atoms. The largest absolute Gasteiger partial charge is 0.478 e. The standard InChI is InChI=1S/C15H21N3O3/c1-15(2,3)13(8-18-5-4-16-10-18)17-7-12-6-11(9-21-12)14(19)20/h4-6,9-10,13,17H,7-8H2,1-3H3,(H,19,20). The van der Waals surface area contributed by atoms with Crippen molar-refractivity contribution in [2.24, 2.45) is 5.41 Å². The first kappa shape index (κ1) is 15.3. The number of carboxylic acids is 1. The van der Waals surface area contributed by atoms with Crippen LogP contribution in [0.25, 0.3) is 0 Å². The van der Waals surface area contributed by atoms with Crippen LogP contribution in [0.4, 0.5) is 0 Å². The first-order valence-electron chi connectivity index (χ1n) is 6.86. The van der Waals surface area contributed by atoms with Gasteiger partial charge in [0.1, 0.15) is 12.0 Å². The molecule has 0 aromatic carbocycles. The van der Waals surface area contributed by atoms with Crippen LogP contribution in [0.15, 0.2) is 35.5 Å². The Labute approximate surface area is 123 Å². The van der Waals surface area contributed by atoms with Gasteiger partial charge < -0.3 is 19.4 Å². The molecule has 2 heterocycles. The van der Waals surface area contributed by atoms with Crippen molar-refractivity contribution in [1.29, 1.82) is 0 Å². The predicted octanol–water partition coefficient (Wildman–Crippen LogP) is 2.38. The number of nitrogens with one attached hydrogen (secondary N) is 1. The van der Waals surface area contributed by atoms with E-state index in [2.05, 4.69) is 31.1 Å². The van der Waals surface area contributed by atoms with E-state index in [9.17, 15) is 4.79 Å². The Balaban J connectivity index is 2.00. The monoisotopic (exact) mass is 291 g/mol. The zero-order valence-electron chi connectivity index (χ0n) is 12.5. The first-order valence-corrected chi connectivity index (χ1v) is 6.86. The van der Waals surface area contributed by atoms with Crippen molar-refractivity contribution in [1.82, 2.24) is 14.9 Å². The molecule has 0 spiro atoms. The number of carbonyl (C=O) groups is 1. The molecule has 1 unspecified atom stereocenters. The first-order chi connectivity index (χ1) is 9.86. The topological polar surface area (TPSA) is 80.3 Å². The molecule has 2 aromatic heterocycles. The van der Waals surface area contributed by atoms with Crippen LogP contribution < -0.4 is 5.32 Å². The number of aromatic carboxylic acids is 1. The summed E-state index contributed by atoms with van der Waals surface area (Å²) in [6.45, 7) is 7.76. The minimum atomic E-state index is -0.976. The number of furan rings is 1. The summed E-state index contributed by atoms with van der Waals surface area (Å²) < 4.78 is 7.28. The quantitative estimate of drug-likeness (QED) is 0.854. The third-order valence-electron chi connectivity index (χ3n) is 3.42. The molecule has 0 amide bonds. The summed E-state index contributed by atoms with van der Waals surface area (Å²) in [5.74, 6) is -0.358. The molecule has 2 rings (SSSR count). The Hall–Kier alpha value is -2.08. The lowest BCUT2D eigenvalue weighted by Gasteiger charge is -2.31. The lowest BCUT2D eigenvalue weighted by Crippen LogP contribution is -2.42. The summed E-state index contributed by atoms with van der Waals surface area (Å²) in [6, 6.07) is 1.75. The molecule has 2 aromatic rings. The summed E-state index contributed by atoms with van der Waals surface area (Å²) in [7, 11) is 0. The molecular formula is C15H21N3O3. The minimum Gasteiger partial charge on any atom is -0.478 e. The number of rotatable bonds is 6. The van der Waals surface area contributed by atoms with E-state index in [4.69, 9.17) is 9.52 Å². The van der Waals surface area contributed by atoms with Crippen LogP contribution in [0.3, 0.4) is 0 Å². The van der Waals surface area contributed by atoms with Crippen molar-refractivity contribution in [3.63, 3.8) is 0 Å². The average molecular weight is 291 g/mol. The second kappa shape index (κ2) is 6.13. The number of carboxylic acid groups (broad SMARTS) is 1. The summed E-state index contributed by atoms with van der Waals surface area (Å²) in [5, 5.41) is 12.3. The molecule has 0 aliphatic carbocycles. The Bertz CT molecular complexity index is 582. The number of nitrogens with zero attached hydrogens (tertiary/aromatic N) is 2. The molecule has 0 saturated heterocycles. The second-order valence-electron chi connectivity index (χ2n) is 6.17. The van der Waals surface area contributed by atoms with Gasteiger partial charge in [0.25, 0.3) is 0 Å². The molecule has 2 N–H and O–H groups in total. The molecular weight excluding hydrogens is 270 g/mol. The van der Waals surface area contributed by atoms with Gasteiger partial charge in [-0.25, -0.2) is 9.78 Å². The maximum absolute atomic E-state index is 10.8. The van der Waals surface area contributed by atoms with Crippen LogP contribution >= 0.6 is 0 Å². The van der Waals surface area contributed by atoms with E-state index in [0.29, 0.717) is 12.3 Å². The van der Waals surface area contributed by atoms with Gasteiger partial charge in [-0.15, -0.1) is 0 Å². The van der Waals surface area contributed by atoms with Crippen LogP contribution in [0, 0.1) is 5.41 Å². The van der Waals surface area contributed by atoms with Crippen LogP contribution in [0.2, 0.25) is 0 Å². The molecule has 0 radical (unpaired) electrons. The molecule has 114 valence electrons. The molecule has 0 aliphatic rings. The Morgan fingerprint density at radius 3 is 2.81 bits per heavy atom. The summed E-state index contributed by atoms with van der Waals surface area (Å²) in [5.41, 5.74) is 0.223. The maximum Gasteiger partial charge on any atom is 0.338 e. The molecule has 0 bridgehead atoms. The van der Waals surface area contributed by atoms with E-state index in [1.807, 2.05) is 10.8 Å². The molecule has 1 atom stereocenters. The van der Waals surface area contributed by atoms with E-state index >= 15 is 0 Å². The third kappa shape index (κ3) is 4.19. The number of hydrogen-bond donors (Lipinski definition) is 2. The van der Waals surface area contributed by atoms with Crippen molar-refractivity contribution in [2.75, 3.05) is 0 Å². The van der Waals surface area contributed by atoms with Crippen molar-refractivity contribution in [3.05, 3.63) is 42.4 Å². The van der Waals surface area contributed by atoms with Crippen molar-refractivity contribution in [3.8, 4) is 0 Å². The highest BCUT2D eigenvalue weighted by molar-refractivity contribution is 5.87. The van der Waals surface area contributed by atoms with Crippen molar-refractivity contribution < 1.29 is 14.3 Å². The Morgan fingerprint density at radius 2 is 2.29 bits per heavy atom. The summed E-state index contributed by atoms with van der Waals surface area (Å²) in [6.07, 6.45) is 6.73. The minimum absolute atomic E-state index is 0.0481. The number of imidazole rings is 1. The lowest BCUT2D eigenvalue weighted by molar-refractivity contribution is 0.0696. The van der Waals surface area contributed by atoms with E-state index in [1.54, 1.807) is 18.6 Å². The van der Waals surface area contributed by atoms with Gasteiger partial charge in [0.15, 0.2) is 0 Å². The molecule has 6 heteroatoms. The highest BCUT2D eigenvalue weighted by atomic mass is 16.4. The second-order valence-corrected chi connectivity index (χ2v) is 6.17. The van der Waals surface area contributed by atoms with Crippen molar-refractivity contribution >= 4 is 5.97 Å². The van der Waals surface area contributed by atoms with Crippen LogP contribution in [0.5, 0.6) is 0 Å². The van der Waals surface area contributed by atoms with Crippen molar-refractivity contribution in [2.45, 2.75) is 39.9 Å². The van der Waals surface area contributed by atoms with Gasteiger partial charge in [0.2, 0.25) is 0 Å². The van der Waals surface area contributed by atoms with Gasteiger partial charge >= 0.3 is 5.97 Å². The molecule has 6 nitrogen and oxygen atoms in total. The summed E-state index contributed by atoms with van der Waals surface area (Å²) in [4.78, 5) is 14.9. The van der Waals surface area contributed by atoms with Gasteiger partial charge in [0.05, 0.1) is 18.4 Å². The zero-order chi connectivity index (χ0) is 15.5. The molecule has 0 aliphatic heterocycles. The highest BCUT2D eigenvalue weighted by Gasteiger charge is 2.24. The predicted molar refractivity (Wildman–Crippen MR) is 78.0 cm³/mol. The van der Waals surface area contributed by atoms with Gasteiger partial charge in [-0.2, -0.15) is 0 Å².